The average molecular weight is 204 g/mol. The summed E-state index contributed by atoms with van der Waals surface area (Å²) in [4.78, 5) is 1.26. The molecule has 0 N–H and O–H groups in total. The molecule has 0 heterocycles. The molecule has 0 aliphatic heterocycles. The molecule has 12 heavy (non-hydrogen) atoms. The third-order valence-corrected chi connectivity index (χ3v) is 1.64. The number of nitrogens with zero attached hydrogens (tertiary/aromatic N) is 1. The second kappa shape index (κ2) is 5.65. The lowest BCUT2D eigenvalue weighted by Gasteiger charge is -2.17. The minimum Gasteiger partial charge on any atom is -0.298 e. The molecule has 0 saturated carbocycles. The molecule has 0 amide bonds. The molecule has 0 aliphatic rings. The molecule has 0 aromatic heterocycles. The van der Waals surface area contributed by atoms with E-state index in [2.05, 4.69) is 0 Å². The fraction of sp³-hybridized carbons (Fsp3) is 1.00. The van der Waals surface area contributed by atoms with E-state index in [9.17, 15) is 13.2 Å². The standard InChI is InChI=1S/C7H13ClF3N/c1-12(5-3-2-4-8)6-7(9,10)11/h2-6H2,1H3. The third kappa shape index (κ3) is 8.14. The van der Waals surface area contributed by atoms with Crippen molar-refractivity contribution < 1.29 is 13.2 Å². The van der Waals surface area contributed by atoms with E-state index in [1.54, 1.807) is 0 Å². The summed E-state index contributed by atoms with van der Waals surface area (Å²) < 4.78 is 35.2. The van der Waals surface area contributed by atoms with E-state index in [1.165, 1.54) is 11.9 Å². The quantitative estimate of drug-likeness (QED) is 0.490. The zero-order valence-corrected chi connectivity index (χ0v) is 7.75. The van der Waals surface area contributed by atoms with Crippen LogP contribution in [0.3, 0.4) is 0 Å². The van der Waals surface area contributed by atoms with Gasteiger partial charge in [-0.25, -0.2) is 0 Å². The largest absolute Gasteiger partial charge is 0.401 e. The lowest BCUT2D eigenvalue weighted by Crippen LogP contribution is -2.31. The topological polar surface area (TPSA) is 3.24 Å². The first-order valence-corrected chi connectivity index (χ1v) is 4.30. The Labute approximate surface area is 75.5 Å². The van der Waals surface area contributed by atoms with Gasteiger partial charge in [-0.2, -0.15) is 13.2 Å². The van der Waals surface area contributed by atoms with Crippen LogP contribution in [0.2, 0.25) is 0 Å². The molecule has 0 atom stereocenters. The molecule has 0 fully saturated rings. The molecule has 0 unspecified atom stereocenters. The molecule has 0 saturated heterocycles. The minimum atomic E-state index is -4.09. The van der Waals surface area contributed by atoms with Crippen LogP contribution in [0.4, 0.5) is 13.2 Å². The van der Waals surface area contributed by atoms with E-state index in [0.29, 0.717) is 12.4 Å². The van der Waals surface area contributed by atoms with Crippen molar-refractivity contribution in [2.45, 2.75) is 19.0 Å². The van der Waals surface area contributed by atoms with E-state index in [1.807, 2.05) is 0 Å². The van der Waals surface area contributed by atoms with E-state index in [-0.39, 0.29) is 0 Å². The number of unbranched alkanes of at least 4 members (excludes halogenated alkanes) is 1. The molecule has 0 rings (SSSR count). The molecular weight excluding hydrogens is 191 g/mol. The van der Waals surface area contributed by atoms with Gasteiger partial charge in [0.1, 0.15) is 0 Å². The number of rotatable bonds is 5. The van der Waals surface area contributed by atoms with Crippen LogP contribution < -0.4 is 0 Å². The first-order valence-electron chi connectivity index (χ1n) is 3.77. The summed E-state index contributed by atoms with van der Waals surface area (Å²) in [6.07, 6.45) is -2.60. The van der Waals surface area contributed by atoms with Gasteiger partial charge in [0, 0.05) is 5.88 Å². The van der Waals surface area contributed by atoms with Gasteiger partial charge in [0.15, 0.2) is 0 Å². The van der Waals surface area contributed by atoms with Crippen LogP contribution in [0.1, 0.15) is 12.8 Å². The molecule has 1 nitrogen and oxygen atoms in total. The van der Waals surface area contributed by atoms with Crippen LogP contribution >= 0.6 is 11.6 Å². The predicted molar refractivity (Wildman–Crippen MR) is 43.5 cm³/mol. The maximum atomic E-state index is 11.7. The van der Waals surface area contributed by atoms with E-state index in [4.69, 9.17) is 11.6 Å². The second-order valence-electron chi connectivity index (χ2n) is 2.75. The molecule has 74 valence electrons. The van der Waals surface area contributed by atoms with Gasteiger partial charge in [0.05, 0.1) is 6.54 Å². The third-order valence-electron chi connectivity index (χ3n) is 1.37. The Morgan fingerprint density at radius 2 is 1.83 bits per heavy atom. The Morgan fingerprint density at radius 3 is 2.25 bits per heavy atom. The summed E-state index contributed by atoms with van der Waals surface area (Å²) in [5.41, 5.74) is 0. The number of hydrogen-bond acceptors (Lipinski definition) is 1. The lowest BCUT2D eigenvalue weighted by molar-refractivity contribution is -0.143. The second-order valence-corrected chi connectivity index (χ2v) is 3.13. The first kappa shape index (κ1) is 12.0. The summed E-state index contributed by atoms with van der Waals surface area (Å²) in [6, 6.07) is 0. The van der Waals surface area contributed by atoms with Gasteiger partial charge in [-0.3, -0.25) is 4.90 Å². The van der Waals surface area contributed by atoms with Crippen molar-refractivity contribution in [2.75, 3.05) is 26.0 Å². The number of alkyl halides is 4. The number of halogens is 4. The van der Waals surface area contributed by atoms with Crippen molar-refractivity contribution in [3.63, 3.8) is 0 Å². The summed E-state index contributed by atoms with van der Waals surface area (Å²) in [7, 11) is 1.46. The van der Waals surface area contributed by atoms with Gasteiger partial charge in [0.2, 0.25) is 0 Å². The smallest absolute Gasteiger partial charge is 0.298 e. The van der Waals surface area contributed by atoms with Gasteiger partial charge in [-0.05, 0) is 26.4 Å². The Kier molecular flexibility index (Phi) is 5.66. The van der Waals surface area contributed by atoms with Crippen LogP contribution in [0, 0.1) is 0 Å². The summed E-state index contributed by atoms with van der Waals surface area (Å²) in [5.74, 6) is 0.514. The molecule has 0 aromatic carbocycles. The van der Waals surface area contributed by atoms with Crippen molar-refractivity contribution in [3.8, 4) is 0 Å². The zero-order valence-electron chi connectivity index (χ0n) is 6.99. The Hall–Kier alpha value is 0.0400. The average Bonchev–Trinajstić information content (AvgIpc) is 1.84. The monoisotopic (exact) mass is 203 g/mol. The van der Waals surface area contributed by atoms with Gasteiger partial charge in [0.25, 0.3) is 0 Å². The first-order chi connectivity index (χ1) is 5.45. The van der Waals surface area contributed by atoms with Crippen LogP contribution in [-0.4, -0.2) is 37.1 Å². The fourth-order valence-corrected chi connectivity index (χ4v) is 1.05. The molecule has 0 bridgehead atoms. The molecule has 0 radical (unpaired) electrons. The van der Waals surface area contributed by atoms with Gasteiger partial charge < -0.3 is 0 Å². The van der Waals surface area contributed by atoms with Crippen molar-refractivity contribution >= 4 is 11.6 Å². The van der Waals surface area contributed by atoms with Crippen molar-refractivity contribution in [1.29, 1.82) is 0 Å². The molecule has 0 aromatic rings. The minimum absolute atomic E-state index is 0.451. The fourth-order valence-electron chi connectivity index (χ4n) is 0.861. The Morgan fingerprint density at radius 1 is 1.25 bits per heavy atom. The van der Waals surface area contributed by atoms with Gasteiger partial charge in [-0.1, -0.05) is 0 Å². The van der Waals surface area contributed by atoms with Gasteiger partial charge >= 0.3 is 6.18 Å². The van der Waals surface area contributed by atoms with Crippen molar-refractivity contribution in [1.82, 2.24) is 4.90 Å². The highest BCUT2D eigenvalue weighted by Crippen LogP contribution is 2.15. The summed E-state index contributed by atoms with van der Waals surface area (Å²) in [6.45, 7) is -0.387. The molecule has 5 heteroatoms. The molecule has 0 aliphatic carbocycles. The number of hydrogen-bond donors (Lipinski definition) is 0. The van der Waals surface area contributed by atoms with E-state index in [0.717, 1.165) is 12.8 Å². The van der Waals surface area contributed by atoms with E-state index >= 15 is 0 Å². The lowest BCUT2D eigenvalue weighted by atomic mass is 10.3. The van der Waals surface area contributed by atoms with Crippen LogP contribution in [-0.2, 0) is 0 Å². The van der Waals surface area contributed by atoms with Crippen LogP contribution in [0.25, 0.3) is 0 Å². The predicted octanol–water partition coefficient (Wildman–Crippen LogP) is 2.50. The Bertz CT molecular complexity index is 116. The summed E-state index contributed by atoms with van der Waals surface area (Å²) >= 11 is 5.38. The van der Waals surface area contributed by atoms with Crippen LogP contribution in [0.5, 0.6) is 0 Å². The van der Waals surface area contributed by atoms with E-state index < -0.39 is 12.7 Å². The highest BCUT2D eigenvalue weighted by Gasteiger charge is 2.28. The maximum absolute atomic E-state index is 11.7. The van der Waals surface area contributed by atoms with Crippen molar-refractivity contribution in [3.05, 3.63) is 0 Å². The maximum Gasteiger partial charge on any atom is 0.401 e. The summed E-state index contributed by atoms with van der Waals surface area (Å²) in [5, 5.41) is 0. The molecule has 0 spiro atoms. The molecular formula is C7H13ClF3N. The normalized spacial score (nSPS) is 12.5. The SMILES string of the molecule is CN(CCCCCl)CC(F)(F)F. The highest BCUT2D eigenvalue weighted by atomic mass is 35.5. The van der Waals surface area contributed by atoms with Crippen molar-refractivity contribution in [2.24, 2.45) is 0 Å². The van der Waals surface area contributed by atoms with Crippen LogP contribution in [0.15, 0.2) is 0 Å². The highest BCUT2D eigenvalue weighted by molar-refractivity contribution is 6.17. The Balaban J connectivity index is 3.40. The zero-order chi connectivity index (χ0) is 9.61. The van der Waals surface area contributed by atoms with Gasteiger partial charge in [-0.15, -0.1) is 11.6 Å².